The molecular weight excluding hydrogens is 188 g/mol. The lowest BCUT2D eigenvalue weighted by atomic mass is 9.85. The van der Waals surface area contributed by atoms with E-state index in [2.05, 4.69) is 6.92 Å². The summed E-state index contributed by atoms with van der Waals surface area (Å²) in [4.78, 5) is 11.9. The van der Waals surface area contributed by atoms with Crippen LogP contribution in [0.4, 0.5) is 0 Å². The van der Waals surface area contributed by atoms with Crippen LogP contribution in [0, 0.1) is 5.41 Å². The Kier molecular flexibility index (Phi) is 6.82. The molecule has 0 radical (unpaired) electrons. The van der Waals surface area contributed by atoms with E-state index in [1.54, 1.807) is 7.11 Å². The number of carbonyl (C=O) groups is 1. The summed E-state index contributed by atoms with van der Waals surface area (Å²) in [7, 11) is 1.62. The number of hydrogen-bond acceptors (Lipinski definition) is 2. The number of rotatable bonds is 7. The summed E-state index contributed by atoms with van der Waals surface area (Å²) in [6, 6.07) is 0. The molecule has 0 saturated heterocycles. The number of ketones is 1. The molecule has 0 aromatic rings. The van der Waals surface area contributed by atoms with Crippen LogP contribution in [-0.4, -0.2) is 19.0 Å². The van der Waals surface area contributed by atoms with Crippen LogP contribution < -0.4 is 0 Å². The lowest BCUT2D eigenvalue weighted by Gasteiger charge is -2.28. The van der Waals surface area contributed by atoms with E-state index < -0.39 is 0 Å². The SMILES string of the molecule is CCCCCCC(=O)C(OC)C(C)(C)C. The van der Waals surface area contributed by atoms with E-state index >= 15 is 0 Å². The van der Waals surface area contributed by atoms with Crippen molar-refractivity contribution >= 4 is 5.78 Å². The molecule has 90 valence electrons. The molecule has 0 heterocycles. The van der Waals surface area contributed by atoms with Crippen LogP contribution in [0.15, 0.2) is 0 Å². The average molecular weight is 214 g/mol. The van der Waals surface area contributed by atoms with Gasteiger partial charge in [-0.05, 0) is 11.8 Å². The van der Waals surface area contributed by atoms with Crippen molar-refractivity contribution in [3.05, 3.63) is 0 Å². The Morgan fingerprint density at radius 1 is 1.20 bits per heavy atom. The first-order valence-corrected chi connectivity index (χ1v) is 5.99. The molecular formula is C13H26O2. The Hall–Kier alpha value is -0.370. The summed E-state index contributed by atoms with van der Waals surface area (Å²) in [5.74, 6) is 0.251. The van der Waals surface area contributed by atoms with Gasteiger partial charge in [0, 0.05) is 13.5 Å². The van der Waals surface area contributed by atoms with E-state index in [1.807, 2.05) is 20.8 Å². The second kappa shape index (κ2) is 7.00. The largest absolute Gasteiger partial charge is 0.373 e. The normalized spacial score (nSPS) is 13.9. The van der Waals surface area contributed by atoms with Crippen molar-refractivity contribution in [1.29, 1.82) is 0 Å². The molecule has 0 aromatic heterocycles. The predicted octanol–water partition coefficient (Wildman–Crippen LogP) is 3.59. The summed E-state index contributed by atoms with van der Waals surface area (Å²) in [6.07, 6.45) is 5.00. The van der Waals surface area contributed by atoms with Gasteiger partial charge in [0.2, 0.25) is 0 Å². The molecule has 0 aliphatic rings. The highest BCUT2D eigenvalue weighted by molar-refractivity contribution is 5.83. The Balaban J connectivity index is 3.96. The molecule has 0 bridgehead atoms. The minimum absolute atomic E-state index is 0.0867. The first-order chi connectivity index (χ1) is 6.93. The molecule has 0 aliphatic carbocycles. The summed E-state index contributed by atoms with van der Waals surface area (Å²) < 4.78 is 5.28. The maximum absolute atomic E-state index is 11.9. The first kappa shape index (κ1) is 14.6. The van der Waals surface area contributed by atoms with E-state index in [4.69, 9.17) is 4.74 Å². The van der Waals surface area contributed by atoms with Crippen molar-refractivity contribution in [2.75, 3.05) is 7.11 Å². The maximum atomic E-state index is 11.9. The molecule has 0 aromatic carbocycles. The van der Waals surface area contributed by atoms with Gasteiger partial charge in [-0.15, -0.1) is 0 Å². The molecule has 0 amide bonds. The smallest absolute Gasteiger partial charge is 0.162 e. The van der Waals surface area contributed by atoms with Gasteiger partial charge in [-0.25, -0.2) is 0 Å². The van der Waals surface area contributed by atoms with Gasteiger partial charge >= 0.3 is 0 Å². The van der Waals surface area contributed by atoms with Crippen LogP contribution in [-0.2, 0) is 9.53 Å². The minimum Gasteiger partial charge on any atom is -0.373 e. The first-order valence-electron chi connectivity index (χ1n) is 5.99. The summed E-state index contributed by atoms with van der Waals surface area (Å²) in [5, 5.41) is 0. The number of methoxy groups -OCH3 is 1. The molecule has 0 fully saturated rings. The monoisotopic (exact) mass is 214 g/mol. The highest BCUT2D eigenvalue weighted by Crippen LogP contribution is 2.24. The van der Waals surface area contributed by atoms with Crippen molar-refractivity contribution in [3.8, 4) is 0 Å². The Morgan fingerprint density at radius 2 is 1.80 bits per heavy atom. The van der Waals surface area contributed by atoms with E-state index in [-0.39, 0.29) is 17.3 Å². The van der Waals surface area contributed by atoms with Gasteiger partial charge in [0.1, 0.15) is 6.10 Å². The Labute approximate surface area is 94.4 Å². The standard InChI is InChI=1S/C13H26O2/c1-6-7-8-9-10-11(14)12(15-5)13(2,3)4/h12H,6-10H2,1-5H3. The lowest BCUT2D eigenvalue weighted by molar-refractivity contribution is -0.135. The van der Waals surface area contributed by atoms with Crippen molar-refractivity contribution in [2.45, 2.75) is 65.9 Å². The molecule has 1 atom stereocenters. The topological polar surface area (TPSA) is 26.3 Å². The van der Waals surface area contributed by atoms with Crippen molar-refractivity contribution in [2.24, 2.45) is 5.41 Å². The second-order valence-corrected chi connectivity index (χ2v) is 5.26. The number of carbonyl (C=O) groups excluding carboxylic acids is 1. The van der Waals surface area contributed by atoms with E-state index in [9.17, 15) is 4.79 Å². The lowest BCUT2D eigenvalue weighted by Crippen LogP contribution is -2.36. The molecule has 1 unspecified atom stereocenters. The van der Waals surface area contributed by atoms with Crippen molar-refractivity contribution in [1.82, 2.24) is 0 Å². The Morgan fingerprint density at radius 3 is 2.20 bits per heavy atom. The van der Waals surface area contributed by atoms with Gasteiger partial charge in [0.15, 0.2) is 5.78 Å². The van der Waals surface area contributed by atoms with Crippen LogP contribution in [0.5, 0.6) is 0 Å². The highest BCUT2D eigenvalue weighted by Gasteiger charge is 2.30. The fourth-order valence-corrected chi connectivity index (χ4v) is 1.83. The zero-order valence-electron chi connectivity index (χ0n) is 10.9. The molecule has 0 aliphatic heterocycles. The third-order valence-corrected chi connectivity index (χ3v) is 2.59. The van der Waals surface area contributed by atoms with Crippen LogP contribution in [0.1, 0.15) is 59.8 Å². The number of ether oxygens (including phenoxy) is 1. The quantitative estimate of drug-likeness (QED) is 0.605. The fourth-order valence-electron chi connectivity index (χ4n) is 1.83. The third kappa shape index (κ3) is 5.93. The van der Waals surface area contributed by atoms with Gasteiger partial charge in [-0.3, -0.25) is 4.79 Å². The average Bonchev–Trinajstić information content (AvgIpc) is 2.11. The van der Waals surface area contributed by atoms with Crippen LogP contribution in [0.25, 0.3) is 0 Å². The summed E-state index contributed by atoms with van der Waals surface area (Å²) in [6.45, 7) is 8.32. The van der Waals surface area contributed by atoms with Gasteiger partial charge in [0.25, 0.3) is 0 Å². The van der Waals surface area contributed by atoms with Crippen LogP contribution >= 0.6 is 0 Å². The van der Waals surface area contributed by atoms with Crippen LogP contribution in [0.2, 0.25) is 0 Å². The number of Topliss-reactive ketones (excluding diaryl/α,β-unsaturated/α-hetero) is 1. The molecule has 0 saturated carbocycles. The van der Waals surface area contributed by atoms with E-state index in [1.165, 1.54) is 12.8 Å². The van der Waals surface area contributed by atoms with Gasteiger partial charge < -0.3 is 4.74 Å². The van der Waals surface area contributed by atoms with Crippen molar-refractivity contribution < 1.29 is 9.53 Å². The van der Waals surface area contributed by atoms with E-state index in [0.717, 1.165) is 12.8 Å². The van der Waals surface area contributed by atoms with Crippen molar-refractivity contribution in [3.63, 3.8) is 0 Å². The number of hydrogen-bond donors (Lipinski definition) is 0. The Bertz CT molecular complexity index is 179. The molecule has 0 spiro atoms. The van der Waals surface area contributed by atoms with Crippen LogP contribution in [0.3, 0.4) is 0 Å². The third-order valence-electron chi connectivity index (χ3n) is 2.59. The zero-order valence-corrected chi connectivity index (χ0v) is 10.9. The minimum atomic E-state index is -0.251. The molecule has 2 heteroatoms. The second-order valence-electron chi connectivity index (χ2n) is 5.26. The molecule has 0 N–H and O–H groups in total. The predicted molar refractivity (Wildman–Crippen MR) is 64.0 cm³/mol. The zero-order chi connectivity index (χ0) is 11.9. The molecule has 2 nitrogen and oxygen atoms in total. The highest BCUT2D eigenvalue weighted by atomic mass is 16.5. The molecule has 0 rings (SSSR count). The fraction of sp³-hybridized carbons (Fsp3) is 0.923. The van der Waals surface area contributed by atoms with Gasteiger partial charge in [0.05, 0.1) is 0 Å². The summed E-state index contributed by atoms with van der Waals surface area (Å²) in [5.41, 5.74) is -0.0867. The maximum Gasteiger partial charge on any atom is 0.162 e. The summed E-state index contributed by atoms with van der Waals surface area (Å²) >= 11 is 0. The van der Waals surface area contributed by atoms with E-state index in [0.29, 0.717) is 6.42 Å². The van der Waals surface area contributed by atoms with Gasteiger partial charge in [-0.2, -0.15) is 0 Å². The molecule has 15 heavy (non-hydrogen) atoms. The van der Waals surface area contributed by atoms with Gasteiger partial charge in [-0.1, -0.05) is 47.0 Å². The number of unbranched alkanes of at least 4 members (excludes halogenated alkanes) is 3.